The minimum atomic E-state index is 0. The Kier molecular flexibility index (Phi) is 4.25. The molecule has 5 heteroatoms. The van der Waals surface area contributed by atoms with E-state index in [9.17, 15) is 0 Å². The van der Waals surface area contributed by atoms with E-state index in [0.717, 1.165) is 31.6 Å². The lowest BCUT2D eigenvalue weighted by atomic mass is 10.0. The Hall–Kier alpha value is -0.780. The fraction of sp³-hybridized carbons (Fsp3) is 0.333. The van der Waals surface area contributed by atoms with Crippen LogP contribution in [0.25, 0.3) is 11.3 Å². The molecule has 0 aliphatic carbocycles. The maximum atomic E-state index is 4.44. The Morgan fingerprint density at radius 2 is 2.06 bits per heavy atom. The summed E-state index contributed by atoms with van der Waals surface area (Å²) >= 11 is 1.71. The van der Waals surface area contributed by atoms with E-state index in [0.29, 0.717) is 0 Å². The van der Waals surface area contributed by atoms with E-state index in [1.807, 2.05) is 0 Å². The zero-order valence-electron chi connectivity index (χ0n) is 9.35. The van der Waals surface area contributed by atoms with Crippen molar-refractivity contribution in [3.63, 3.8) is 0 Å². The van der Waals surface area contributed by atoms with Crippen molar-refractivity contribution < 1.29 is 0 Å². The van der Waals surface area contributed by atoms with Crippen LogP contribution in [0.3, 0.4) is 0 Å². The predicted octanol–water partition coefficient (Wildman–Crippen LogP) is 2.47. The molecule has 3 heterocycles. The number of hydrogen-bond donors (Lipinski definition) is 1. The lowest BCUT2D eigenvalue weighted by Gasteiger charge is -2.08. The summed E-state index contributed by atoms with van der Waals surface area (Å²) in [4.78, 5) is 8.85. The molecule has 0 amide bonds. The van der Waals surface area contributed by atoms with Gasteiger partial charge < -0.3 is 5.32 Å². The topological polar surface area (TPSA) is 37.8 Å². The molecule has 1 aliphatic rings. The molecule has 0 saturated carbocycles. The monoisotopic (exact) mass is 311 g/mol. The van der Waals surface area contributed by atoms with E-state index in [2.05, 4.69) is 32.1 Å². The largest absolute Gasteiger partial charge is 0.316 e. The number of nitrogens with zero attached hydrogens (tertiary/aromatic N) is 2. The first kappa shape index (κ1) is 12.7. The van der Waals surface area contributed by atoms with Crippen LogP contribution >= 0.6 is 28.3 Å². The van der Waals surface area contributed by atoms with Crippen LogP contribution in [0.2, 0.25) is 0 Å². The van der Waals surface area contributed by atoms with Crippen LogP contribution in [0.5, 0.6) is 0 Å². The van der Waals surface area contributed by atoms with Crippen LogP contribution in [0.4, 0.5) is 0 Å². The average molecular weight is 312 g/mol. The predicted molar refractivity (Wildman–Crippen MR) is 75.9 cm³/mol. The summed E-state index contributed by atoms with van der Waals surface area (Å²) in [5.41, 5.74) is 4.88. The van der Waals surface area contributed by atoms with Gasteiger partial charge in [-0.15, -0.1) is 17.0 Å². The summed E-state index contributed by atoms with van der Waals surface area (Å²) in [6.45, 7) is 2.05. The van der Waals surface area contributed by atoms with Gasteiger partial charge in [0, 0.05) is 35.2 Å². The van der Waals surface area contributed by atoms with Gasteiger partial charge in [0.15, 0.2) is 0 Å². The first-order valence-electron chi connectivity index (χ1n) is 5.51. The molecule has 3 rings (SSSR count). The van der Waals surface area contributed by atoms with Crippen LogP contribution < -0.4 is 5.32 Å². The van der Waals surface area contributed by atoms with Gasteiger partial charge in [-0.25, -0.2) is 9.97 Å². The first-order chi connectivity index (χ1) is 7.95. The standard InChI is InChI=1S/C12H13N3S.BrH/c1-4-13-5-2-11-10(1)12(15-8-14-11)9-3-6-16-7-9;/h3,6-8,13H,1-2,4-5H2;1H. The molecule has 1 aliphatic heterocycles. The molecule has 0 atom stereocenters. The third kappa shape index (κ3) is 2.56. The number of fused-ring (bicyclic) bond motifs is 1. The highest BCUT2D eigenvalue weighted by Crippen LogP contribution is 2.26. The summed E-state index contributed by atoms with van der Waals surface area (Å²) in [5, 5.41) is 7.65. The molecule has 0 radical (unpaired) electrons. The van der Waals surface area contributed by atoms with Crippen LogP contribution in [-0.4, -0.2) is 23.1 Å². The van der Waals surface area contributed by atoms with Gasteiger partial charge in [-0.1, -0.05) is 0 Å². The zero-order valence-corrected chi connectivity index (χ0v) is 11.9. The van der Waals surface area contributed by atoms with E-state index in [-0.39, 0.29) is 17.0 Å². The third-order valence-electron chi connectivity index (χ3n) is 2.92. The number of rotatable bonds is 1. The number of aromatic nitrogens is 2. The van der Waals surface area contributed by atoms with E-state index >= 15 is 0 Å². The maximum Gasteiger partial charge on any atom is 0.116 e. The second-order valence-electron chi connectivity index (χ2n) is 3.91. The van der Waals surface area contributed by atoms with Gasteiger partial charge in [-0.05, 0) is 24.4 Å². The van der Waals surface area contributed by atoms with Crippen molar-refractivity contribution in [3.05, 3.63) is 34.4 Å². The molecule has 0 fully saturated rings. The minimum Gasteiger partial charge on any atom is -0.316 e. The highest BCUT2D eigenvalue weighted by atomic mass is 79.9. The lowest BCUT2D eigenvalue weighted by molar-refractivity contribution is 0.708. The Balaban J connectivity index is 0.00000108. The molecule has 1 N–H and O–H groups in total. The molecule has 0 aromatic carbocycles. The molecule has 2 aromatic rings. The van der Waals surface area contributed by atoms with Crippen molar-refractivity contribution in [2.24, 2.45) is 0 Å². The van der Waals surface area contributed by atoms with Gasteiger partial charge in [0.25, 0.3) is 0 Å². The summed E-state index contributed by atoms with van der Waals surface area (Å²) in [6.07, 6.45) is 3.73. The Morgan fingerprint density at radius 1 is 1.18 bits per heavy atom. The molecular formula is C12H14BrN3S. The highest BCUT2D eigenvalue weighted by Gasteiger charge is 2.15. The van der Waals surface area contributed by atoms with Crippen LogP contribution in [0, 0.1) is 0 Å². The molecule has 0 saturated heterocycles. The molecular weight excluding hydrogens is 298 g/mol. The minimum absolute atomic E-state index is 0. The van der Waals surface area contributed by atoms with E-state index in [1.54, 1.807) is 17.7 Å². The van der Waals surface area contributed by atoms with Gasteiger partial charge >= 0.3 is 0 Å². The highest BCUT2D eigenvalue weighted by molar-refractivity contribution is 8.93. The Morgan fingerprint density at radius 3 is 2.88 bits per heavy atom. The number of nitrogens with one attached hydrogen (secondary N) is 1. The van der Waals surface area contributed by atoms with Crippen LogP contribution in [-0.2, 0) is 12.8 Å². The number of hydrogen-bond acceptors (Lipinski definition) is 4. The Bertz CT molecular complexity index is 485. The molecule has 0 spiro atoms. The summed E-state index contributed by atoms with van der Waals surface area (Å²) in [5.74, 6) is 0. The summed E-state index contributed by atoms with van der Waals surface area (Å²) < 4.78 is 0. The van der Waals surface area contributed by atoms with Crippen molar-refractivity contribution >= 4 is 28.3 Å². The normalized spacial score (nSPS) is 14.6. The first-order valence-corrected chi connectivity index (χ1v) is 6.45. The fourth-order valence-electron chi connectivity index (χ4n) is 2.12. The van der Waals surface area contributed by atoms with Crippen molar-refractivity contribution in [2.75, 3.05) is 13.1 Å². The van der Waals surface area contributed by atoms with Crippen molar-refractivity contribution in [3.8, 4) is 11.3 Å². The molecule has 2 aromatic heterocycles. The smallest absolute Gasteiger partial charge is 0.116 e. The SMILES string of the molecule is Br.c1nc2c(c(-c3ccsc3)n1)CCNCC2. The molecule has 3 nitrogen and oxygen atoms in total. The molecule has 90 valence electrons. The lowest BCUT2D eigenvalue weighted by Crippen LogP contribution is -2.16. The number of thiophene rings is 1. The second-order valence-corrected chi connectivity index (χ2v) is 4.69. The van der Waals surface area contributed by atoms with Gasteiger partial charge in [-0.2, -0.15) is 11.3 Å². The van der Waals surface area contributed by atoms with E-state index < -0.39 is 0 Å². The van der Waals surface area contributed by atoms with Crippen molar-refractivity contribution in [1.29, 1.82) is 0 Å². The summed E-state index contributed by atoms with van der Waals surface area (Å²) in [6, 6.07) is 2.13. The molecule has 17 heavy (non-hydrogen) atoms. The molecule has 0 bridgehead atoms. The van der Waals surface area contributed by atoms with Gasteiger partial charge in [0.1, 0.15) is 6.33 Å². The fourth-order valence-corrected chi connectivity index (χ4v) is 2.76. The third-order valence-corrected chi connectivity index (χ3v) is 3.60. The molecule has 0 unspecified atom stereocenters. The average Bonchev–Trinajstić information content (AvgIpc) is 2.73. The van der Waals surface area contributed by atoms with Crippen LogP contribution in [0.1, 0.15) is 11.3 Å². The van der Waals surface area contributed by atoms with Gasteiger partial charge in [0.05, 0.1) is 5.69 Å². The van der Waals surface area contributed by atoms with Gasteiger partial charge in [-0.3, -0.25) is 0 Å². The Labute approximate surface area is 115 Å². The maximum absolute atomic E-state index is 4.44. The quantitative estimate of drug-likeness (QED) is 0.879. The van der Waals surface area contributed by atoms with E-state index in [4.69, 9.17) is 0 Å². The number of halogens is 1. The van der Waals surface area contributed by atoms with Gasteiger partial charge in [0.2, 0.25) is 0 Å². The van der Waals surface area contributed by atoms with Crippen molar-refractivity contribution in [1.82, 2.24) is 15.3 Å². The zero-order chi connectivity index (χ0) is 10.8. The van der Waals surface area contributed by atoms with Crippen molar-refractivity contribution in [2.45, 2.75) is 12.8 Å². The van der Waals surface area contributed by atoms with Crippen LogP contribution in [0.15, 0.2) is 23.2 Å². The van der Waals surface area contributed by atoms with E-state index in [1.165, 1.54) is 16.8 Å². The second kappa shape index (κ2) is 5.71. The summed E-state index contributed by atoms with van der Waals surface area (Å²) in [7, 11) is 0.